The molecule has 10 heteroatoms. The Hall–Kier alpha value is -3.30. The minimum absolute atomic E-state index is 0.208. The molecule has 2 aromatic carbocycles. The molecule has 0 amide bonds. The molecule has 208 valence electrons. The Bertz CT molecular complexity index is 1530. The predicted molar refractivity (Wildman–Crippen MR) is 164 cm³/mol. The highest BCUT2D eigenvalue weighted by Gasteiger charge is 2.42. The van der Waals surface area contributed by atoms with E-state index in [1.54, 1.807) is 20.4 Å². The van der Waals surface area contributed by atoms with E-state index < -0.39 is 0 Å². The van der Waals surface area contributed by atoms with Gasteiger partial charge in [-0.15, -0.1) is 0 Å². The Morgan fingerprint density at radius 2 is 1.77 bits per heavy atom. The van der Waals surface area contributed by atoms with Crippen LogP contribution in [0.3, 0.4) is 0 Å². The van der Waals surface area contributed by atoms with Crippen LogP contribution < -0.4 is 19.7 Å². The molecular weight excluding hydrogens is 567 g/mol. The number of aromatic nitrogens is 2. The number of rotatable bonds is 9. The molecule has 0 saturated carbocycles. The SMILES string of the molecule is COCCOc1ccc(N2C(=S)N[C@@H](c3ccccn3)[C@@H]2c2cc(C)n(-c3cc(Cl)ccc3OC)c2C)cc1Cl. The highest BCUT2D eigenvalue weighted by molar-refractivity contribution is 7.80. The maximum atomic E-state index is 6.67. The van der Waals surface area contributed by atoms with E-state index in [2.05, 4.69) is 39.7 Å². The number of nitrogens with one attached hydrogen (secondary N) is 1. The Morgan fingerprint density at radius 1 is 0.975 bits per heavy atom. The maximum Gasteiger partial charge on any atom is 0.174 e. The summed E-state index contributed by atoms with van der Waals surface area (Å²) in [7, 11) is 3.29. The van der Waals surface area contributed by atoms with Gasteiger partial charge in [0.25, 0.3) is 0 Å². The highest BCUT2D eigenvalue weighted by Crippen LogP contribution is 2.45. The average molecular weight is 598 g/mol. The van der Waals surface area contributed by atoms with Crippen molar-refractivity contribution >= 4 is 46.2 Å². The van der Waals surface area contributed by atoms with Crippen molar-refractivity contribution in [3.8, 4) is 17.2 Å². The van der Waals surface area contributed by atoms with E-state index in [1.807, 2.05) is 54.6 Å². The molecule has 40 heavy (non-hydrogen) atoms. The maximum absolute atomic E-state index is 6.67. The van der Waals surface area contributed by atoms with Crippen molar-refractivity contribution in [2.75, 3.05) is 32.3 Å². The van der Waals surface area contributed by atoms with Crippen LogP contribution in [0.25, 0.3) is 5.69 Å². The molecule has 5 rings (SSSR count). The first-order chi connectivity index (χ1) is 19.3. The zero-order chi connectivity index (χ0) is 28.4. The smallest absolute Gasteiger partial charge is 0.174 e. The Morgan fingerprint density at radius 3 is 2.48 bits per heavy atom. The van der Waals surface area contributed by atoms with Crippen LogP contribution in [0.2, 0.25) is 10.0 Å². The summed E-state index contributed by atoms with van der Waals surface area (Å²) in [5, 5.41) is 5.22. The van der Waals surface area contributed by atoms with E-state index in [4.69, 9.17) is 49.6 Å². The topological polar surface area (TPSA) is 60.8 Å². The van der Waals surface area contributed by atoms with E-state index in [-0.39, 0.29) is 12.1 Å². The van der Waals surface area contributed by atoms with Crippen LogP contribution in [0, 0.1) is 13.8 Å². The molecule has 0 radical (unpaired) electrons. The molecule has 3 heterocycles. The van der Waals surface area contributed by atoms with Gasteiger partial charge in [0.15, 0.2) is 5.11 Å². The summed E-state index contributed by atoms with van der Waals surface area (Å²) in [6.45, 7) is 5.04. The van der Waals surface area contributed by atoms with Gasteiger partial charge in [0, 0.05) is 35.4 Å². The second kappa shape index (κ2) is 12.1. The molecule has 0 aliphatic carbocycles. The number of halogens is 2. The van der Waals surface area contributed by atoms with Crippen molar-refractivity contribution in [1.29, 1.82) is 0 Å². The van der Waals surface area contributed by atoms with Gasteiger partial charge in [0.05, 0.1) is 42.2 Å². The largest absolute Gasteiger partial charge is 0.495 e. The van der Waals surface area contributed by atoms with Gasteiger partial charge < -0.3 is 29.0 Å². The summed E-state index contributed by atoms with van der Waals surface area (Å²) in [4.78, 5) is 6.78. The van der Waals surface area contributed by atoms with Gasteiger partial charge in [-0.3, -0.25) is 4.98 Å². The second-order valence-electron chi connectivity index (χ2n) is 9.43. The number of thiocarbonyl (C=S) groups is 1. The molecule has 0 bridgehead atoms. The Balaban J connectivity index is 1.63. The average Bonchev–Trinajstić information content (AvgIpc) is 3.44. The zero-order valence-electron chi connectivity index (χ0n) is 22.7. The van der Waals surface area contributed by atoms with Crippen LogP contribution in [0.5, 0.6) is 11.5 Å². The Kier molecular flexibility index (Phi) is 8.51. The van der Waals surface area contributed by atoms with Crippen molar-refractivity contribution in [2.45, 2.75) is 25.9 Å². The molecular formula is C30H30Cl2N4O3S. The molecule has 1 aliphatic heterocycles. The lowest BCUT2D eigenvalue weighted by atomic mass is 9.96. The molecule has 1 N–H and O–H groups in total. The number of anilines is 1. The lowest BCUT2D eigenvalue weighted by molar-refractivity contribution is 0.146. The fourth-order valence-electron chi connectivity index (χ4n) is 5.24. The van der Waals surface area contributed by atoms with E-state index in [0.29, 0.717) is 34.1 Å². The summed E-state index contributed by atoms with van der Waals surface area (Å²) in [6, 6.07) is 19.0. The minimum Gasteiger partial charge on any atom is -0.495 e. The summed E-state index contributed by atoms with van der Waals surface area (Å²) >= 11 is 19.0. The van der Waals surface area contributed by atoms with Crippen molar-refractivity contribution in [3.05, 3.63) is 99.6 Å². The first-order valence-corrected chi connectivity index (χ1v) is 13.9. The molecule has 1 fully saturated rings. The number of aryl methyl sites for hydroxylation is 1. The number of pyridine rings is 1. The molecule has 2 atom stereocenters. The number of methoxy groups -OCH3 is 2. The summed E-state index contributed by atoms with van der Waals surface area (Å²) in [6.07, 6.45) is 1.79. The monoisotopic (exact) mass is 596 g/mol. The van der Waals surface area contributed by atoms with Crippen LogP contribution in [0.1, 0.15) is 34.7 Å². The third-order valence-electron chi connectivity index (χ3n) is 7.01. The number of hydrogen-bond donors (Lipinski definition) is 1. The molecule has 4 aromatic rings. The fourth-order valence-corrected chi connectivity index (χ4v) is 5.98. The molecule has 1 saturated heterocycles. The molecule has 0 spiro atoms. The van der Waals surface area contributed by atoms with Crippen LogP contribution in [0.4, 0.5) is 5.69 Å². The van der Waals surface area contributed by atoms with E-state index >= 15 is 0 Å². The van der Waals surface area contributed by atoms with Gasteiger partial charge in [0.1, 0.15) is 18.1 Å². The van der Waals surface area contributed by atoms with E-state index in [9.17, 15) is 0 Å². The van der Waals surface area contributed by atoms with Crippen molar-refractivity contribution in [2.24, 2.45) is 0 Å². The van der Waals surface area contributed by atoms with Gasteiger partial charge in [-0.05, 0) is 86.2 Å². The third kappa shape index (κ3) is 5.37. The second-order valence-corrected chi connectivity index (χ2v) is 10.7. The highest BCUT2D eigenvalue weighted by atomic mass is 35.5. The van der Waals surface area contributed by atoms with Crippen LogP contribution in [0.15, 0.2) is 66.9 Å². The standard InChI is InChI=1S/C30H30Cl2N4O3S/c1-18-15-22(19(2)35(18)25-16-20(31)8-10-27(25)38-4)29-28(24-7-5-6-12-33-24)34-30(40)36(29)21-9-11-26(23(32)17-21)39-14-13-37-3/h5-12,15-17,28-29H,13-14H2,1-4H3,(H,34,40)/t28-,29-/m0/s1. The van der Waals surface area contributed by atoms with Gasteiger partial charge in [-0.1, -0.05) is 29.3 Å². The zero-order valence-corrected chi connectivity index (χ0v) is 25.0. The van der Waals surface area contributed by atoms with Gasteiger partial charge in [0.2, 0.25) is 0 Å². The summed E-state index contributed by atoms with van der Waals surface area (Å²) in [5.74, 6) is 1.32. The number of nitrogens with zero attached hydrogens (tertiary/aromatic N) is 3. The predicted octanol–water partition coefficient (Wildman–Crippen LogP) is 7.01. The molecule has 2 aromatic heterocycles. The first kappa shape index (κ1) is 28.2. The molecule has 7 nitrogen and oxygen atoms in total. The van der Waals surface area contributed by atoms with Crippen LogP contribution in [-0.2, 0) is 4.74 Å². The number of hydrogen-bond acceptors (Lipinski definition) is 5. The quantitative estimate of drug-likeness (QED) is 0.165. The van der Waals surface area contributed by atoms with Crippen LogP contribution >= 0.6 is 35.4 Å². The molecule has 0 unspecified atom stereocenters. The summed E-state index contributed by atoms with van der Waals surface area (Å²) in [5.41, 5.74) is 5.74. The lowest BCUT2D eigenvalue weighted by Crippen LogP contribution is -2.29. The van der Waals surface area contributed by atoms with Crippen molar-refractivity contribution in [3.63, 3.8) is 0 Å². The number of ether oxygens (including phenoxy) is 3. The minimum atomic E-state index is -0.219. The fraction of sp³-hybridized carbons (Fsp3) is 0.267. The molecule has 1 aliphatic rings. The van der Waals surface area contributed by atoms with E-state index in [1.165, 1.54) is 0 Å². The number of benzene rings is 2. The first-order valence-electron chi connectivity index (χ1n) is 12.8. The van der Waals surface area contributed by atoms with E-state index in [0.717, 1.165) is 39.8 Å². The van der Waals surface area contributed by atoms with Crippen molar-refractivity contribution in [1.82, 2.24) is 14.9 Å². The van der Waals surface area contributed by atoms with Gasteiger partial charge >= 0.3 is 0 Å². The lowest BCUT2D eigenvalue weighted by Gasteiger charge is -2.28. The Labute approximate surface area is 249 Å². The van der Waals surface area contributed by atoms with Crippen LogP contribution in [-0.4, -0.2) is 42.1 Å². The summed E-state index contributed by atoms with van der Waals surface area (Å²) < 4.78 is 18.7. The van der Waals surface area contributed by atoms with Gasteiger partial charge in [-0.2, -0.15) is 0 Å². The third-order valence-corrected chi connectivity index (χ3v) is 7.85. The van der Waals surface area contributed by atoms with Gasteiger partial charge in [-0.25, -0.2) is 0 Å². The van der Waals surface area contributed by atoms with Crippen molar-refractivity contribution < 1.29 is 14.2 Å². The normalized spacial score (nSPS) is 16.8.